The Labute approximate surface area is 143 Å². The molecule has 1 N–H and O–H groups in total. The van der Waals surface area contributed by atoms with Gasteiger partial charge in [-0.15, -0.1) is 0 Å². The summed E-state index contributed by atoms with van der Waals surface area (Å²) in [5.74, 6) is -0.166. The molecular weight excluding hydrogens is 358 g/mol. The first kappa shape index (κ1) is 16.0. The first-order valence-electron chi connectivity index (χ1n) is 7.49. The minimum absolute atomic E-state index is 0.166. The Hall–Kier alpha value is -1.92. The lowest BCUT2D eigenvalue weighted by Crippen LogP contribution is -2.36. The van der Waals surface area contributed by atoms with Crippen LogP contribution in [0.5, 0.6) is 0 Å². The predicted molar refractivity (Wildman–Crippen MR) is 94.1 cm³/mol. The van der Waals surface area contributed by atoms with E-state index in [-0.39, 0.29) is 5.91 Å². The molecule has 23 heavy (non-hydrogen) atoms. The summed E-state index contributed by atoms with van der Waals surface area (Å²) in [5, 5.41) is 2.94. The number of hydrogen-bond acceptors (Lipinski definition) is 4. The summed E-state index contributed by atoms with van der Waals surface area (Å²) in [6.45, 7) is 5.31. The molecule has 2 aromatic rings. The summed E-state index contributed by atoms with van der Waals surface area (Å²) in [5.41, 5.74) is 3.53. The molecule has 5 nitrogen and oxygen atoms in total. The topological polar surface area (TPSA) is 54.5 Å². The van der Waals surface area contributed by atoms with Crippen molar-refractivity contribution in [1.82, 2.24) is 4.98 Å². The van der Waals surface area contributed by atoms with Gasteiger partial charge in [0.1, 0.15) is 0 Å². The Morgan fingerprint density at radius 1 is 1.26 bits per heavy atom. The van der Waals surface area contributed by atoms with E-state index in [2.05, 4.69) is 37.2 Å². The van der Waals surface area contributed by atoms with Crippen molar-refractivity contribution in [1.29, 1.82) is 0 Å². The standard InChI is InChI=1S/C17H18BrN3O2/c1-12-8-15(21-4-6-23-7-5-21)2-3-16(12)20-17(22)13-9-14(18)11-19-10-13/h2-3,8-11H,4-7H2,1H3,(H,20,22). The Balaban J connectivity index is 1.74. The zero-order valence-electron chi connectivity index (χ0n) is 12.9. The molecule has 2 heterocycles. The molecule has 0 saturated carbocycles. The number of hydrogen-bond donors (Lipinski definition) is 1. The number of anilines is 2. The highest BCUT2D eigenvalue weighted by atomic mass is 79.9. The van der Waals surface area contributed by atoms with Crippen molar-refractivity contribution in [2.75, 3.05) is 36.5 Å². The van der Waals surface area contributed by atoms with Gasteiger partial charge in [-0.25, -0.2) is 0 Å². The van der Waals surface area contributed by atoms with Crippen LogP contribution < -0.4 is 10.2 Å². The summed E-state index contributed by atoms with van der Waals surface area (Å²) in [4.78, 5) is 18.6. The van der Waals surface area contributed by atoms with E-state index in [1.165, 1.54) is 0 Å². The van der Waals surface area contributed by atoms with Gasteiger partial charge in [-0.3, -0.25) is 9.78 Å². The van der Waals surface area contributed by atoms with Crippen LogP contribution in [0.15, 0.2) is 41.1 Å². The quantitative estimate of drug-likeness (QED) is 0.894. The number of nitrogens with zero attached hydrogens (tertiary/aromatic N) is 2. The fourth-order valence-corrected chi connectivity index (χ4v) is 2.90. The van der Waals surface area contributed by atoms with Gasteiger partial charge >= 0.3 is 0 Å². The third-order valence-electron chi connectivity index (χ3n) is 3.80. The molecule has 6 heteroatoms. The molecule has 0 spiro atoms. The lowest BCUT2D eigenvalue weighted by Gasteiger charge is -2.29. The van der Waals surface area contributed by atoms with Crippen LogP contribution in [0.4, 0.5) is 11.4 Å². The number of aromatic nitrogens is 1. The molecule has 1 fully saturated rings. The molecular formula is C17H18BrN3O2. The smallest absolute Gasteiger partial charge is 0.257 e. The molecule has 3 rings (SSSR count). The van der Waals surface area contributed by atoms with Crippen molar-refractivity contribution in [3.05, 3.63) is 52.3 Å². The van der Waals surface area contributed by atoms with Crippen molar-refractivity contribution in [2.45, 2.75) is 6.92 Å². The van der Waals surface area contributed by atoms with E-state index in [9.17, 15) is 4.79 Å². The van der Waals surface area contributed by atoms with Crippen molar-refractivity contribution >= 4 is 33.2 Å². The van der Waals surface area contributed by atoms with Crippen molar-refractivity contribution in [2.24, 2.45) is 0 Å². The van der Waals surface area contributed by atoms with Crippen LogP contribution in [0, 0.1) is 6.92 Å². The number of rotatable bonds is 3. The molecule has 1 saturated heterocycles. The second kappa shape index (κ2) is 7.10. The molecule has 1 amide bonds. The van der Waals surface area contributed by atoms with Gasteiger partial charge in [-0.1, -0.05) is 0 Å². The van der Waals surface area contributed by atoms with Crippen LogP contribution >= 0.6 is 15.9 Å². The number of amides is 1. The number of carbonyl (C=O) groups is 1. The predicted octanol–water partition coefficient (Wildman–Crippen LogP) is 3.24. The molecule has 1 aliphatic rings. The highest BCUT2D eigenvalue weighted by Crippen LogP contribution is 2.24. The van der Waals surface area contributed by atoms with Crippen LogP contribution in [-0.2, 0) is 4.74 Å². The number of carbonyl (C=O) groups excluding carboxylic acids is 1. The number of nitrogens with one attached hydrogen (secondary N) is 1. The fraction of sp³-hybridized carbons (Fsp3) is 0.294. The molecule has 1 aromatic carbocycles. The highest BCUT2D eigenvalue weighted by Gasteiger charge is 2.13. The van der Waals surface area contributed by atoms with Gasteiger partial charge in [0, 0.05) is 41.3 Å². The first-order valence-corrected chi connectivity index (χ1v) is 8.28. The maximum absolute atomic E-state index is 12.3. The lowest BCUT2D eigenvalue weighted by atomic mass is 10.1. The van der Waals surface area contributed by atoms with Crippen molar-refractivity contribution in [3.8, 4) is 0 Å². The van der Waals surface area contributed by atoms with Crippen molar-refractivity contribution < 1.29 is 9.53 Å². The zero-order valence-corrected chi connectivity index (χ0v) is 14.5. The Morgan fingerprint density at radius 3 is 2.74 bits per heavy atom. The van der Waals surface area contributed by atoms with E-state index in [4.69, 9.17) is 4.74 Å². The maximum atomic E-state index is 12.3. The fourth-order valence-electron chi connectivity index (χ4n) is 2.54. The van der Waals surface area contributed by atoms with Crippen molar-refractivity contribution in [3.63, 3.8) is 0 Å². The number of benzene rings is 1. The summed E-state index contributed by atoms with van der Waals surface area (Å²) in [6.07, 6.45) is 3.21. The first-order chi connectivity index (χ1) is 11.1. The number of pyridine rings is 1. The van der Waals surface area contributed by atoms with Crippen LogP contribution in [0.1, 0.15) is 15.9 Å². The van der Waals surface area contributed by atoms with Gasteiger partial charge in [0.05, 0.1) is 18.8 Å². The summed E-state index contributed by atoms with van der Waals surface area (Å²) in [6, 6.07) is 7.83. The minimum Gasteiger partial charge on any atom is -0.378 e. The average Bonchev–Trinajstić information content (AvgIpc) is 2.57. The van der Waals surface area contributed by atoms with Gasteiger partial charge in [0.15, 0.2) is 0 Å². The summed E-state index contributed by atoms with van der Waals surface area (Å²) in [7, 11) is 0. The maximum Gasteiger partial charge on any atom is 0.257 e. The number of aryl methyl sites for hydroxylation is 1. The molecule has 1 aliphatic heterocycles. The van der Waals surface area contributed by atoms with E-state index in [1.54, 1.807) is 18.5 Å². The summed E-state index contributed by atoms with van der Waals surface area (Å²) < 4.78 is 6.16. The molecule has 0 unspecified atom stereocenters. The third kappa shape index (κ3) is 3.89. The van der Waals surface area contributed by atoms with E-state index < -0.39 is 0 Å². The van der Waals surface area contributed by atoms with Crippen LogP contribution in [0.3, 0.4) is 0 Å². The highest BCUT2D eigenvalue weighted by molar-refractivity contribution is 9.10. The summed E-state index contributed by atoms with van der Waals surface area (Å²) >= 11 is 3.33. The molecule has 120 valence electrons. The van der Waals surface area contributed by atoms with Crippen LogP contribution in [0.2, 0.25) is 0 Å². The zero-order chi connectivity index (χ0) is 16.2. The van der Waals surface area contributed by atoms with Gasteiger partial charge in [-0.05, 0) is 52.7 Å². The van der Waals surface area contributed by atoms with Gasteiger partial charge in [-0.2, -0.15) is 0 Å². The number of ether oxygens (including phenoxy) is 1. The second-order valence-electron chi connectivity index (χ2n) is 5.44. The number of halogens is 1. The minimum atomic E-state index is -0.166. The molecule has 0 bridgehead atoms. The molecule has 0 radical (unpaired) electrons. The van der Waals surface area contributed by atoms with Gasteiger partial charge in [0.2, 0.25) is 0 Å². The Bertz CT molecular complexity index is 715. The lowest BCUT2D eigenvalue weighted by molar-refractivity contribution is 0.102. The van der Waals surface area contributed by atoms with Crippen LogP contribution in [0.25, 0.3) is 0 Å². The monoisotopic (exact) mass is 375 g/mol. The van der Waals surface area contributed by atoms with Gasteiger partial charge in [0.25, 0.3) is 5.91 Å². The Morgan fingerprint density at radius 2 is 2.04 bits per heavy atom. The third-order valence-corrected chi connectivity index (χ3v) is 4.24. The average molecular weight is 376 g/mol. The van der Waals surface area contributed by atoms with E-state index in [1.807, 2.05) is 19.1 Å². The van der Waals surface area contributed by atoms with E-state index in [0.29, 0.717) is 5.56 Å². The normalized spacial score (nSPS) is 14.6. The molecule has 1 aromatic heterocycles. The molecule has 0 aliphatic carbocycles. The van der Waals surface area contributed by atoms with E-state index in [0.717, 1.165) is 47.7 Å². The van der Waals surface area contributed by atoms with Crippen LogP contribution in [-0.4, -0.2) is 37.2 Å². The van der Waals surface area contributed by atoms with E-state index >= 15 is 0 Å². The number of morpholine rings is 1. The largest absolute Gasteiger partial charge is 0.378 e. The Kier molecular flexibility index (Phi) is 4.93. The SMILES string of the molecule is Cc1cc(N2CCOCC2)ccc1NC(=O)c1cncc(Br)c1. The molecule has 0 atom stereocenters. The second-order valence-corrected chi connectivity index (χ2v) is 6.36. The van der Waals surface area contributed by atoms with Gasteiger partial charge < -0.3 is 15.0 Å².